The molecule has 0 spiro atoms. The molecule has 0 fully saturated rings. The molecule has 8 nitrogen and oxygen atoms in total. The number of halogens is 4. The van der Waals surface area contributed by atoms with Crippen molar-refractivity contribution in [2.24, 2.45) is 11.7 Å². The van der Waals surface area contributed by atoms with Gasteiger partial charge in [0, 0.05) is 6.42 Å². The summed E-state index contributed by atoms with van der Waals surface area (Å²) in [6, 6.07) is 14.4. The lowest BCUT2D eigenvalue weighted by molar-refractivity contribution is -0.167. The molecule has 0 heterocycles. The van der Waals surface area contributed by atoms with E-state index in [1.54, 1.807) is 60.7 Å². The van der Waals surface area contributed by atoms with Crippen LogP contribution in [-0.2, 0) is 41.6 Å². The SMILES string of the molecule is N[C@@H](Cc1ccccc1)C(=O)N[C@@H](COC(F)F)C(=O)C[C@@H](COC(F)F)C(=O)OCc1ccccc1. The van der Waals surface area contributed by atoms with Gasteiger partial charge in [0.25, 0.3) is 0 Å². The fraction of sp³-hybridized carbons (Fsp3) is 0.400. The molecule has 202 valence electrons. The van der Waals surface area contributed by atoms with Crippen LogP contribution in [0.3, 0.4) is 0 Å². The molecule has 0 aliphatic carbocycles. The number of nitrogens with two attached hydrogens (primary N) is 1. The van der Waals surface area contributed by atoms with Gasteiger partial charge in [-0.15, -0.1) is 0 Å². The van der Waals surface area contributed by atoms with E-state index in [-0.39, 0.29) is 13.0 Å². The third-order valence-electron chi connectivity index (χ3n) is 5.16. The molecule has 0 saturated heterocycles. The third kappa shape index (κ3) is 11.5. The maximum absolute atomic E-state index is 12.9. The van der Waals surface area contributed by atoms with E-state index in [1.807, 2.05) is 0 Å². The maximum Gasteiger partial charge on any atom is 0.345 e. The Bertz CT molecular complexity index is 982. The van der Waals surface area contributed by atoms with Crippen molar-refractivity contribution in [3.63, 3.8) is 0 Å². The number of Topliss-reactive ketones (excluding diaryl/α,β-unsaturated/α-hetero) is 1. The largest absolute Gasteiger partial charge is 0.461 e. The molecule has 0 unspecified atom stereocenters. The number of carbonyl (C=O) groups is 3. The van der Waals surface area contributed by atoms with Crippen LogP contribution in [0.4, 0.5) is 17.6 Å². The molecule has 2 aromatic rings. The summed E-state index contributed by atoms with van der Waals surface area (Å²) in [6.07, 6.45) is -0.647. The Morgan fingerprint density at radius 2 is 1.35 bits per heavy atom. The first-order valence-electron chi connectivity index (χ1n) is 11.3. The van der Waals surface area contributed by atoms with Crippen molar-refractivity contribution >= 4 is 17.7 Å². The van der Waals surface area contributed by atoms with Gasteiger partial charge in [-0.2, -0.15) is 17.6 Å². The summed E-state index contributed by atoms with van der Waals surface area (Å²) in [5, 5.41) is 2.25. The number of ether oxygens (including phenoxy) is 3. The number of carbonyl (C=O) groups excluding carboxylic acids is 3. The van der Waals surface area contributed by atoms with E-state index in [0.717, 1.165) is 5.56 Å². The quantitative estimate of drug-likeness (QED) is 0.254. The Morgan fingerprint density at radius 1 is 0.811 bits per heavy atom. The van der Waals surface area contributed by atoms with Crippen LogP contribution in [0.15, 0.2) is 60.7 Å². The molecular weight excluding hydrogens is 500 g/mol. The number of hydrogen-bond acceptors (Lipinski definition) is 7. The van der Waals surface area contributed by atoms with Gasteiger partial charge in [0.15, 0.2) is 5.78 Å². The van der Waals surface area contributed by atoms with Crippen LogP contribution in [0.2, 0.25) is 0 Å². The Labute approximate surface area is 211 Å². The van der Waals surface area contributed by atoms with E-state index in [2.05, 4.69) is 14.8 Å². The number of nitrogens with one attached hydrogen (secondary N) is 1. The molecule has 0 aromatic heterocycles. The first kappa shape index (κ1) is 29.9. The van der Waals surface area contributed by atoms with Crippen molar-refractivity contribution < 1.29 is 46.2 Å². The van der Waals surface area contributed by atoms with E-state index < -0.39 is 68.5 Å². The number of alkyl halides is 4. The van der Waals surface area contributed by atoms with Crippen molar-refractivity contribution in [2.75, 3.05) is 13.2 Å². The van der Waals surface area contributed by atoms with Gasteiger partial charge < -0.3 is 25.3 Å². The van der Waals surface area contributed by atoms with Gasteiger partial charge in [0.1, 0.15) is 12.6 Å². The van der Waals surface area contributed by atoms with Gasteiger partial charge in [-0.3, -0.25) is 14.4 Å². The zero-order chi connectivity index (χ0) is 27.2. The molecule has 3 N–H and O–H groups in total. The predicted molar refractivity (Wildman–Crippen MR) is 123 cm³/mol. The zero-order valence-electron chi connectivity index (χ0n) is 19.7. The van der Waals surface area contributed by atoms with Gasteiger partial charge in [-0.05, 0) is 17.5 Å². The molecule has 0 radical (unpaired) electrons. The van der Waals surface area contributed by atoms with Crippen LogP contribution in [0, 0.1) is 5.92 Å². The number of hydrogen-bond donors (Lipinski definition) is 2. The minimum Gasteiger partial charge on any atom is -0.461 e. The summed E-state index contributed by atoms with van der Waals surface area (Å²) >= 11 is 0. The summed E-state index contributed by atoms with van der Waals surface area (Å²) in [7, 11) is 0. The predicted octanol–water partition coefficient (Wildman–Crippen LogP) is 2.84. The molecular formula is C25H28F4N2O6. The second-order valence-corrected chi connectivity index (χ2v) is 8.01. The van der Waals surface area contributed by atoms with Gasteiger partial charge >= 0.3 is 19.2 Å². The second kappa shape index (κ2) is 15.7. The summed E-state index contributed by atoms with van der Waals surface area (Å²) in [4.78, 5) is 38.0. The van der Waals surface area contributed by atoms with E-state index >= 15 is 0 Å². The maximum atomic E-state index is 12.9. The normalized spacial score (nSPS) is 13.7. The average molecular weight is 528 g/mol. The fourth-order valence-electron chi connectivity index (χ4n) is 3.25. The van der Waals surface area contributed by atoms with Crippen LogP contribution in [0.5, 0.6) is 0 Å². The molecule has 37 heavy (non-hydrogen) atoms. The van der Waals surface area contributed by atoms with E-state index in [0.29, 0.717) is 5.56 Å². The smallest absolute Gasteiger partial charge is 0.345 e. The summed E-state index contributed by atoms with van der Waals surface area (Å²) in [5.74, 6) is -4.26. The average Bonchev–Trinajstić information content (AvgIpc) is 2.88. The molecule has 12 heteroatoms. The standard InChI is InChI=1S/C25H28F4N2O6/c26-24(27)36-14-18(23(34)35-13-17-9-5-2-6-10-17)12-21(32)20(15-37-25(28)29)31-22(33)19(30)11-16-7-3-1-4-8-16/h1-10,18-20,24-25H,11-15,30H2,(H,31,33)/t18-,19-,20-/m0/s1. The number of ketones is 1. The van der Waals surface area contributed by atoms with Crippen molar-refractivity contribution in [2.45, 2.75) is 44.8 Å². The van der Waals surface area contributed by atoms with Crippen molar-refractivity contribution in [1.82, 2.24) is 5.32 Å². The van der Waals surface area contributed by atoms with E-state index in [1.165, 1.54) is 0 Å². The fourth-order valence-corrected chi connectivity index (χ4v) is 3.25. The number of rotatable bonds is 16. The van der Waals surface area contributed by atoms with Gasteiger partial charge in [-0.1, -0.05) is 60.7 Å². The highest BCUT2D eigenvalue weighted by atomic mass is 19.3. The first-order chi connectivity index (χ1) is 17.7. The Kier molecular flexibility index (Phi) is 12.7. The minimum atomic E-state index is -3.25. The highest BCUT2D eigenvalue weighted by molar-refractivity contribution is 5.93. The van der Waals surface area contributed by atoms with Crippen molar-refractivity contribution in [3.05, 3.63) is 71.8 Å². The summed E-state index contributed by atoms with van der Waals surface area (Å²) in [5.41, 5.74) is 7.22. The Balaban J connectivity index is 2.07. The summed E-state index contributed by atoms with van der Waals surface area (Å²) < 4.78 is 64.1. The van der Waals surface area contributed by atoms with Crippen LogP contribution >= 0.6 is 0 Å². The van der Waals surface area contributed by atoms with E-state index in [4.69, 9.17) is 10.5 Å². The van der Waals surface area contributed by atoms with Crippen LogP contribution in [0.1, 0.15) is 17.5 Å². The summed E-state index contributed by atoms with van der Waals surface area (Å²) in [6.45, 7) is -8.47. The lowest BCUT2D eigenvalue weighted by atomic mass is 9.98. The molecule has 3 atom stereocenters. The van der Waals surface area contributed by atoms with E-state index in [9.17, 15) is 31.9 Å². The number of esters is 1. The number of amides is 1. The van der Waals surface area contributed by atoms with Gasteiger partial charge in [-0.25, -0.2) is 0 Å². The molecule has 2 aromatic carbocycles. The van der Waals surface area contributed by atoms with Crippen molar-refractivity contribution in [3.8, 4) is 0 Å². The zero-order valence-corrected chi connectivity index (χ0v) is 19.7. The van der Waals surface area contributed by atoms with Crippen LogP contribution < -0.4 is 11.1 Å². The minimum absolute atomic E-state index is 0.0972. The first-order valence-corrected chi connectivity index (χ1v) is 11.3. The highest BCUT2D eigenvalue weighted by Gasteiger charge is 2.31. The van der Waals surface area contributed by atoms with Crippen molar-refractivity contribution in [1.29, 1.82) is 0 Å². The molecule has 0 bridgehead atoms. The topological polar surface area (TPSA) is 117 Å². The van der Waals surface area contributed by atoms with Gasteiger partial charge in [0.05, 0.1) is 25.2 Å². The highest BCUT2D eigenvalue weighted by Crippen LogP contribution is 2.14. The molecule has 1 amide bonds. The Hall–Kier alpha value is -3.35. The van der Waals surface area contributed by atoms with Crippen LogP contribution in [-0.4, -0.2) is 56.2 Å². The van der Waals surface area contributed by atoms with Gasteiger partial charge in [0.2, 0.25) is 5.91 Å². The molecule has 0 aliphatic heterocycles. The Morgan fingerprint density at radius 3 is 1.92 bits per heavy atom. The molecule has 2 rings (SSSR count). The molecule has 0 aliphatic rings. The number of benzene rings is 2. The van der Waals surface area contributed by atoms with Crippen LogP contribution in [0.25, 0.3) is 0 Å². The third-order valence-corrected chi connectivity index (χ3v) is 5.16. The second-order valence-electron chi connectivity index (χ2n) is 8.01. The lowest BCUT2D eigenvalue weighted by Crippen LogP contribution is -2.51. The molecule has 0 saturated carbocycles. The lowest BCUT2D eigenvalue weighted by Gasteiger charge is -2.22. The monoisotopic (exact) mass is 528 g/mol.